The Balaban J connectivity index is 2.20. The lowest BCUT2D eigenvalue weighted by Crippen LogP contribution is -2.35. The van der Waals surface area contributed by atoms with Gasteiger partial charge in [0.05, 0.1) is 0 Å². The Labute approximate surface area is 120 Å². The van der Waals surface area contributed by atoms with Gasteiger partial charge in [0.1, 0.15) is 6.54 Å². The molecule has 1 aromatic carbocycles. The van der Waals surface area contributed by atoms with Gasteiger partial charge in [-0.05, 0) is 18.9 Å². The summed E-state index contributed by atoms with van der Waals surface area (Å²) in [6.07, 6.45) is 0.805. The Morgan fingerprint density at radius 1 is 1.30 bits per heavy atom. The van der Waals surface area contributed by atoms with E-state index in [-0.39, 0.29) is 18.4 Å². The Hall–Kier alpha value is -2.30. The number of guanidine groups is 1. The van der Waals surface area contributed by atoms with E-state index in [0.29, 0.717) is 13.1 Å². The fourth-order valence-corrected chi connectivity index (χ4v) is 1.50. The molecular weight excluding hydrogens is 252 g/mol. The number of nitrogens with two attached hydrogens (primary N) is 1. The average Bonchev–Trinajstić information content (AvgIpc) is 2.44. The predicted octanol–water partition coefficient (Wildman–Crippen LogP) is 0.826. The number of carbonyl (C=O) groups is 1. The third-order valence-corrected chi connectivity index (χ3v) is 2.54. The molecule has 108 valence electrons. The van der Waals surface area contributed by atoms with Crippen molar-refractivity contribution in [1.82, 2.24) is 10.6 Å². The highest BCUT2D eigenvalue weighted by Gasteiger charge is 2.00. The molecule has 0 aliphatic heterocycles. The largest absolute Gasteiger partial charge is 0.370 e. The fraction of sp³-hybridized carbons (Fsp3) is 0.333. The number of amides is 1. The molecule has 0 bridgehead atoms. The molecule has 0 aromatic heterocycles. The van der Waals surface area contributed by atoms with Gasteiger partial charge in [-0.25, -0.2) is 4.99 Å². The van der Waals surface area contributed by atoms with Crippen molar-refractivity contribution in [1.29, 1.82) is 0 Å². The molecule has 1 aromatic rings. The second-order valence-electron chi connectivity index (χ2n) is 4.60. The highest BCUT2D eigenvalue weighted by molar-refractivity contribution is 5.84. The summed E-state index contributed by atoms with van der Waals surface area (Å²) in [5, 5.41) is 5.67. The summed E-state index contributed by atoms with van der Waals surface area (Å²) in [6.45, 7) is 6.81. The Morgan fingerprint density at radius 3 is 2.65 bits per heavy atom. The van der Waals surface area contributed by atoms with E-state index in [1.54, 1.807) is 0 Å². The van der Waals surface area contributed by atoms with E-state index in [2.05, 4.69) is 22.2 Å². The lowest BCUT2D eigenvalue weighted by molar-refractivity contribution is -0.119. The van der Waals surface area contributed by atoms with Crippen molar-refractivity contribution in [3.05, 3.63) is 48.0 Å². The van der Waals surface area contributed by atoms with Crippen LogP contribution in [0.3, 0.4) is 0 Å². The van der Waals surface area contributed by atoms with Gasteiger partial charge in [0.2, 0.25) is 5.91 Å². The van der Waals surface area contributed by atoms with Gasteiger partial charge in [-0.1, -0.05) is 42.5 Å². The minimum absolute atomic E-state index is 0.0316. The van der Waals surface area contributed by atoms with Gasteiger partial charge < -0.3 is 16.4 Å². The van der Waals surface area contributed by atoms with Crippen molar-refractivity contribution in [3.63, 3.8) is 0 Å². The summed E-state index contributed by atoms with van der Waals surface area (Å²) in [6, 6.07) is 10.00. The molecule has 20 heavy (non-hydrogen) atoms. The molecule has 4 N–H and O–H groups in total. The molecule has 0 aliphatic rings. The van der Waals surface area contributed by atoms with Crippen LogP contribution in [-0.4, -0.2) is 31.5 Å². The maximum atomic E-state index is 11.6. The summed E-state index contributed by atoms with van der Waals surface area (Å²) < 4.78 is 0. The minimum Gasteiger partial charge on any atom is -0.370 e. The lowest BCUT2D eigenvalue weighted by Gasteiger charge is -2.06. The van der Waals surface area contributed by atoms with Crippen LogP contribution in [0, 0.1) is 0 Å². The van der Waals surface area contributed by atoms with Crippen molar-refractivity contribution >= 4 is 11.9 Å². The van der Waals surface area contributed by atoms with Crippen molar-refractivity contribution in [3.8, 4) is 0 Å². The Morgan fingerprint density at radius 2 is 2.00 bits per heavy atom. The van der Waals surface area contributed by atoms with Gasteiger partial charge in [-0.15, -0.1) is 0 Å². The number of hydrogen-bond acceptors (Lipinski definition) is 2. The van der Waals surface area contributed by atoms with E-state index in [0.717, 1.165) is 12.0 Å². The van der Waals surface area contributed by atoms with Gasteiger partial charge in [0.25, 0.3) is 0 Å². The summed E-state index contributed by atoms with van der Waals surface area (Å²) in [5.74, 6) is 0.118. The van der Waals surface area contributed by atoms with Crippen LogP contribution in [0.4, 0.5) is 0 Å². The van der Waals surface area contributed by atoms with E-state index in [1.807, 2.05) is 37.3 Å². The minimum atomic E-state index is -0.138. The van der Waals surface area contributed by atoms with Crippen LogP contribution in [0.1, 0.15) is 12.5 Å². The SMILES string of the molecule is C=C(C)CNC(N)=NCC(=O)NCCc1ccccc1. The average molecular weight is 274 g/mol. The van der Waals surface area contributed by atoms with E-state index in [1.165, 1.54) is 5.56 Å². The fourth-order valence-electron chi connectivity index (χ4n) is 1.50. The number of nitrogens with zero attached hydrogens (tertiary/aromatic N) is 1. The maximum absolute atomic E-state index is 11.6. The van der Waals surface area contributed by atoms with E-state index in [4.69, 9.17) is 5.73 Å². The maximum Gasteiger partial charge on any atom is 0.241 e. The van der Waals surface area contributed by atoms with Crippen molar-refractivity contribution in [2.45, 2.75) is 13.3 Å². The Kier molecular flexibility index (Phi) is 6.89. The summed E-state index contributed by atoms with van der Waals surface area (Å²) in [5.41, 5.74) is 7.76. The number of nitrogens with one attached hydrogen (secondary N) is 2. The van der Waals surface area contributed by atoms with Gasteiger partial charge in [0.15, 0.2) is 5.96 Å². The topological polar surface area (TPSA) is 79.5 Å². The predicted molar refractivity (Wildman–Crippen MR) is 82.5 cm³/mol. The molecule has 0 atom stereocenters. The zero-order valence-corrected chi connectivity index (χ0v) is 11.9. The molecule has 5 nitrogen and oxygen atoms in total. The van der Waals surface area contributed by atoms with E-state index < -0.39 is 0 Å². The molecule has 0 fully saturated rings. The number of hydrogen-bond donors (Lipinski definition) is 3. The first-order valence-electron chi connectivity index (χ1n) is 6.56. The van der Waals surface area contributed by atoms with Crippen LogP contribution in [0.25, 0.3) is 0 Å². The molecule has 0 saturated heterocycles. The molecule has 1 rings (SSSR count). The number of benzene rings is 1. The first-order valence-corrected chi connectivity index (χ1v) is 6.56. The van der Waals surface area contributed by atoms with E-state index in [9.17, 15) is 4.79 Å². The third kappa shape index (κ3) is 7.20. The zero-order chi connectivity index (χ0) is 14.8. The van der Waals surface area contributed by atoms with Gasteiger partial charge in [0, 0.05) is 13.1 Å². The molecule has 0 saturated carbocycles. The van der Waals surface area contributed by atoms with Gasteiger partial charge in [-0.2, -0.15) is 0 Å². The van der Waals surface area contributed by atoms with Crippen molar-refractivity contribution in [2.75, 3.05) is 19.6 Å². The van der Waals surface area contributed by atoms with Gasteiger partial charge in [-0.3, -0.25) is 4.79 Å². The standard InChI is InChI=1S/C15H22N4O/c1-12(2)10-18-15(16)19-11-14(20)17-9-8-13-6-4-3-5-7-13/h3-7H,1,8-11H2,2H3,(H,17,20)(H3,16,18,19). The second-order valence-corrected chi connectivity index (χ2v) is 4.60. The molecule has 5 heteroatoms. The molecule has 0 heterocycles. The first-order chi connectivity index (χ1) is 9.58. The highest BCUT2D eigenvalue weighted by atomic mass is 16.1. The van der Waals surface area contributed by atoms with Crippen molar-refractivity contribution in [2.24, 2.45) is 10.7 Å². The monoisotopic (exact) mass is 274 g/mol. The van der Waals surface area contributed by atoms with Crippen LogP contribution in [0.2, 0.25) is 0 Å². The molecule has 1 amide bonds. The first kappa shape index (κ1) is 15.8. The highest BCUT2D eigenvalue weighted by Crippen LogP contribution is 1.97. The van der Waals surface area contributed by atoms with Gasteiger partial charge >= 0.3 is 0 Å². The Bertz CT molecular complexity index is 468. The van der Waals surface area contributed by atoms with Crippen LogP contribution >= 0.6 is 0 Å². The van der Waals surface area contributed by atoms with Crippen LogP contribution < -0.4 is 16.4 Å². The molecular formula is C15H22N4O. The summed E-state index contributed by atoms with van der Waals surface area (Å²) in [4.78, 5) is 15.5. The zero-order valence-electron chi connectivity index (χ0n) is 11.9. The molecule has 0 unspecified atom stereocenters. The summed E-state index contributed by atoms with van der Waals surface area (Å²) >= 11 is 0. The number of carbonyl (C=O) groups excluding carboxylic acids is 1. The molecule has 0 spiro atoms. The molecule has 0 radical (unpaired) electrons. The third-order valence-electron chi connectivity index (χ3n) is 2.54. The number of aliphatic imine (C=N–C) groups is 1. The van der Waals surface area contributed by atoms with Crippen molar-refractivity contribution < 1.29 is 4.79 Å². The van der Waals surface area contributed by atoms with E-state index >= 15 is 0 Å². The lowest BCUT2D eigenvalue weighted by atomic mass is 10.1. The normalized spacial score (nSPS) is 10.9. The number of rotatable bonds is 7. The van der Waals surface area contributed by atoms with Crippen LogP contribution in [-0.2, 0) is 11.2 Å². The quantitative estimate of drug-likeness (QED) is 0.391. The van der Waals surface area contributed by atoms with Crippen LogP contribution in [0.5, 0.6) is 0 Å². The second kappa shape index (κ2) is 8.74. The smallest absolute Gasteiger partial charge is 0.241 e. The summed E-state index contributed by atoms with van der Waals surface area (Å²) in [7, 11) is 0. The van der Waals surface area contributed by atoms with Crippen LogP contribution in [0.15, 0.2) is 47.5 Å². The molecule has 0 aliphatic carbocycles.